The number of anilines is 3. The Kier molecular flexibility index (Phi) is 8.04. The second-order valence-corrected chi connectivity index (χ2v) is 15.5. The van der Waals surface area contributed by atoms with Crippen LogP contribution in [-0.2, 0) is 0 Å². The van der Waals surface area contributed by atoms with Gasteiger partial charge in [-0.1, -0.05) is 133 Å². The molecule has 1 atom stereocenters. The standard InChI is InChI=1S/C52H36N4S/c1-5-17-35(18-6-1)44-34-45(36-19-7-2-8-20-36)54-52(53-44)37-31-40(55(38-21-9-3-10-22-38)39-23-11-4-12-24-39)33-41(32-37)56-46-27-15-13-25-42(46)50-47(56)29-30-49-51(50)43-26-14-16-28-48(43)57-49/h1-34,52-53H. The molecule has 4 nitrogen and oxygen atoms in total. The smallest absolute Gasteiger partial charge is 0.145 e. The van der Waals surface area contributed by atoms with Crippen molar-refractivity contribution in [2.24, 2.45) is 4.99 Å². The number of allylic oxidation sites excluding steroid dienone is 1. The molecule has 10 aromatic rings. The molecule has 8 aromatic carbocycles. The molecule has 0 spiro atoms. The summed E-state index contributed by atoms with van der Waals surface area (Å²) < 4.78 is 5.06. The van der Waals surface area contributed by atoms with Crippen molar-refractivity contribution in [2.45, 2.75) is 6.17 Å². The van der Waals surface area contributed by atoms with Gasteiger partial charge in [-0.3, -0.25) is 4.99 Å². The van der Waals surface area contributed by atoms with E-state index in [2.05, 4.69) is 221 Å². The molecule has 1 aliphatic rings. The summed E-state index contributed by atoms with van der Waals surface area (Å²) in [5.74, 6) is 0. The Morgan fingerprint density at radius 1 is 0.491 bits per heavy atom. The fraction of sp³-hybridized carbons (Fsp3) is 0.0192. The van der Waals surface area contributed by atoms with Gasteiger partial charge in [-0.05, 0) is 83.9 Å². The molecular weight excluding hydrogens is 713 g/mol. The molecule has 1 unspecified atom stereocenters. The first-order valence-corrected chi connectivity index (χ1v) is 20.1. The van der Waals surface area contributed by atoms with Crippen LogP contribution in [0.25, 0.3) is 53.4 Å². The van der Waals surface area contributed by atoms with Crippen LogP contribution in [-0.4, -0.2) is 10.3 Å². The van der Waals surface area contributed by atoms with Crippen LogP contribution in [0.2, 0.25) is 0 Å². The van der Waals surface area contributed by atoms with Gasteiger partial charge in [-0.2, -0.15) is 0 Å². The minimum Gasteiger partial charge on any atom is -0.360 e. The molecule has 2 aromatic heterocycles. The molecule has 0 saturated heterocycles. The predicted molar refractivity (Wildman–Crippen MR) is 242 cm³/mol. The van der Waals surface area contributed by atoms with Gasteiger partial charge in [0.2, 0.25) is 0 Å². The lowest BCUT2D eigenvalue weighted by molar-refractivity contribution is 0.663. The van der Waals surface area contributed by atoms with Gasteiger partial charge in [0.05, 0.1) is 16.7 Å². The highest BCUT2D eigenvalue weighted by atomic mass is 32.1. The molecule has 1 aliphatic heterocycles. The Morgan fingerprint density at radius 3 is 1.82 bits per heavy atom. The number of hydrogen-bond acceptors (Lipinski definition) is 4. The number of para-hydroxylation sites is 3. The topological polar surface area (TPSA) is 32.6 Å². The van der Waals surface area contributed by atoms with Gasteiger partial charge < -0.3 is 14.8 Å². The summed E-state index contributed by atoms with van der Waals surface area (Å²) in [6, 6.07) is 71.6. The third-order valence-electron chi connectivity index (χ3n) is 11.0. The summed E-state index contributed by atoms with van der Waals surface area (Å²) in [6.45, 7) is 0. The minimum atomic E-state index is -0.367. The lowest BCUT2D eigenvalue weighted by Gasteiger charge is -2.29. The predicted octanol–water partition coefficient (Wildman–Crippen LogP) is 13.8. The molecule has 0 saturated carbocycles. The highest BCUT2D eigenvalue weighted by Gasteiger charge is 2.25. The Bertz CT molecular complexity index is 3110. The van der Waals surface area contributed by atoms with Gasteiger partial charge >= 0.3 is 0 Å². The summed E-state index contributed by atoms with van der Waals surface area (Å²) in [5, 5.41) is 9.01. The largest absolute Gasteiger partial charge is 0.360 e. The summed E-state index contributed by atoms with van der Waals surface area (Å²) in [7, 11) is 0. The van der Waals surface area contributed by atoms with Crippen molar-refractivity contribution >= 4 is 81.8 Å². The molecule has 1 N–H and O–H groups in total. The molecule has 11 rings (SSSR count). The van der Waals surface area contributed by atoms with E-state index in [4.69, 9.17) is 4.99 Å². The number of nitrogens with zero attached hydrogens (tertiary/aromatic N) is 3. The molecule has 0 aliphatic carbocycles. The van der Waals surface area contributed by atoms with Crippen LogP contribution >= 0.6 is 11.3 Å². The number of fused-ring (bicyclic) bond motifs is 7. The zero-order valence-corrected chi connectivity index (χ0v) is 31.8. The lowest BCUT2D eigenvalue weighted by Crippen LogP contribution is -2.25. The van der Waals surface area contributed by atoms with Gasteiger partial charge in [-0.25, -0.2) is 0 Å². The summed E-state index contributed by atoms with van der Waals surface area (Å²) >= 11 is 1.87. The molecule has 0 fully saturated rings. The molecular formula is C52H36N4S. The number of rotatable bonds is 7. The lowest BCUT2D eigenvalue weighted by atomic mass is 10.0. The van der Waals surface area contributed by atoms with E-state index < -0.39 is 0 Å². The van der Waals surface area contributed by atoms with Gasteiger partial charge in [-0.15, -0.1) is 11.3 Å². The van der Waals surface area contributed by atoms with Crippen molar-refractivity contribution in [3.05, 3.63) is 223 Å². The van der Waals surface area contributed by atoms with Crippen molar-refractivity contribution in [1.82, 2.24) is 9.88 Å². The van der Waals surface area contributed by atoms with Crippen molar-refractivity contribution in [1.29, 1.82) is 0 Å². The van der Waals surface area contributed by atoms with Crippen LogP contribution in [0, 0.1) is 0 Å². The zero-order chi connectivity index (χ0) is 37.7. The second kappa shape index (κ2) is 13.8. The molecule has 0 bridgehead atoms. The van der Waals surface area contributed by atoms with Crippen LogP contribution in [0.3, 0.4) is 0 Å². The van der Waals surface area contributed by atoms with E-state index in [1.165, 1.54) is 42.0 Å². The molecule has 5 heteroatoms. The Hall–Kier alpha value is -7.21. The summed E-state index contributed by atoms with van der Waals surface area (Å²) in [4.78, 5) is 7.81. The summed E-state index contributed by atoms with van der Waals surface area (Å²) in [6.07, 6.45) is 1.81. The van der Waals surface area contributed by atoms with Gasteiger partial charge in [0.1, 0.15) is 6.17 Å². The molecule has 0 amide bonds. The third kappa shape index (κ3) is 5.79. The van der Waals surface area contributed by atoms with Gasteiger partial charge in [0, 0.05) is 65.0 Å². The highest BCUT2D eigenvalue weighted by molar-refractivity contribution is 7.26. The first-order chi connectivity index (χ1) is 28.3. The maximum Gasteiger partial charge on any atom is 0.145 e. The SMILES string of the molecule is C1=C(c2ccccc2)NC(c2cc(N(c3ccccc3)c3ccccc3)cc(-n3c4ccccc4c4c5c(ccc43)sc3ccccc35)c2)N=C1c1ccccc1. The summed E-state index contributed by atoms with van der Waals surface area (Å²) in [5.41, 5.74) is 11.8. The van der Waals surface area contributed by atoms with Crippen molar-refractivity contribution in [3.63, 3.8) is 0 Å². The van der Waals surface area contributed by atoms with Crippen molar-refractivity contribution < 1.29 is 0 Å². The maximum atomic E-state index is 5.46. The van der Waals surface area contributed by atoms with Crippen LogP contribution in [0.1, 0.15) is 22.9 Å². The second-order valence-electron chi connectivity index (χ2n) is 14.4. The third-order valence-corrected chi connectivity index (χ3v) is 12.1. The number of thiophene rings is 1. The minimum absolute atomic E-state index is 0.367. The van der Waals surface area contributed by atoms with E-state index in [-0.39, 0.29) is 6.17 Å². The van der Waals surface area contributed by atoms with E-state index in [1.807, 2.05) is 11.3 Å². The molecule has 0 radical (unpaired) electrons. The van der Waals surface area contributed by atoms with E-state index in [9.17, 15) is 0 Å². The fourth-order valence-electron chi connectivity index (χ4n) is 8.43. The number of nitrogens with one attached hydrogen (secondary N) is 1. The highest BCUT2D eigenvalue weighted by Crippen LogP contribution is 2.45. The fourth-order valence-corrected chi connectivity index (χ4v) is 9.55. The Labute approximate surface area is 334 Å². The number of hydrogen-bond donors (Lipinski definition) is 1. The van der Waals surface area contributed by atoms with Crippen LogP contribution in [0.4, 0.5) is 17.1 Å². The van der Waals surface area contributed by atoms with E-state index in [0.29, 0.717) is 0 Å². The van der Waals surface area contributed by atoms with Gasteiger partial charge in [0.25, 0.3) is 0 Å². The molecule has 270 valence electrons. The van der Waals surface area contributed by atoms with Crippen molar-refractivity contribution in [2.75, 3.05) is 4.90 Å². The monoisotopic (exact) mass is 748 g/mol. The van der Waals surface area contributed by atoms with E-state index >= 15 is 0 Å². The maximum absolute atomic E-state index is 5.46. The molecule has 3 heterocycles. The van der Waals surface area contributed by atoms with Gasteiger partial charge in [0.15, 0.2) is 0 Å². The Balaban J connectivity index is 1.20. The first kappa shape index (κ1) is 33.2. The first-order valence-electron chi connectivity index (χ1n) is 19.3. The Morgan fingerprint density at radius 2 is 1.11 bits per heavy atom. The van der Waals surface area contributed by atoms with Crippen molar-refractivity contribution in [3.8, 4) is 5.69 Å². The zero-order valence-electron chi connectivity index (χ0n) is 31.0. The van der Waals surface area contributed by atoms with Crippen LogP contribution in [0.15, 0.2) is 211 Å². The number of aliphatic imine (C=N–C) groups is 1. The average Bonchev–Trinajstić information content (AvgIpc) is 3.83. The van der Waals surface area contributed by atoms with Crippen LogP contribution in [0.5, 0.6) is 0 Å². The van der Waals surface area contributed by atoms with E-state index in [0.717, 1.165) is 50.8 Å². The molecule has 57 heavy (non-hydrogen) atoms. The van der Waals surface area contributed by atoms with E-state index in [1.54, 1.807) is 0 Å². The number of benzene rings is 8. The quantitative estimate of drug-likeness (QED) is 0.176. The average molecular weight is 749 g/mol. The normalized spacial score (nSPS) is 14.1. The van der Waals surface area contributed by atoms with Crippen LogP contribution < -0.4 is 10.2 Å². The number of aromatic nitrogens is 1.